The number of rotatable bonds is 7. The lowest BCUT2D eigenvalue weighted by Crippen LogP contribution is -2.28. The number of para-hydroxylation sites is 1. The van der Waals surface area contributed by atoms with Crippen molar-refractivity contribution in [1.29, 1.82) is 0 Å². The molecule has 0 saturated heterocycles. The summed E-state index contributed by atoms with van der Waals surface area (Å²) >= 11 is 0. The minimum absolute atomic E-state index is 0.0429. The van der Waals surface area contributed by atoms with E-state index < -0.39 is 16.1 Å². The number of benzene rings is 2. The van der Waals surface area contributed by atoms with Crippen molar-refractivity contribution in [3.05, 3.63) is 59.8 Å². The van der Waals surface area contributed by atoms with Gasteiger partial charge in [0.15, 0.2) is 5.58 Å². The number of sulfonamides is 1. The number of anilines is 1. The first-order valence-corrected chi connectivity index (χ1v) is 10.8. The highest BCUT2D eigenvalue weighted by Gasteiger charge is 2.29. The standard InChI is InChI=1S/C20H21N3O4S/c1-13(14-8-10-16(11-9-14)21-20(24)15-6-7-15)23-28(25,26)12-18-17-4-2-3-5-19(17)27-22-18/h2-5,8-11,13,15,23H,6-7,12H2,1H3,(H,21,24)/t13-/m1/s1. The highest BCUT2D eigenvalue weighted by Crippen LogP contribution is 2.30. The van der Waals surface area contributed by atoms with Crippen LogP contribution in [0.4, 0.5) is 5.69 Å². The van der Waals surface area contributed by atoms with Gasteiger partial charge < -0.3 is 9.84 Å². The maximum atomic E-state index is 12.6. The lowest BCUT2D eigenvalue weighted by Gasteiger charge is -2.15. The van der Waals surface area contributed by atoms with E-state index >= 15 is 0 Å². The van der Waals surface area contributed by atoms with Crippen molar-refractivity contribution in [2.24, 2.45) is 5.92 Å². The zero-order valence-corrected chi connectivity index (χ0v) is 16.2. The molecule has 1 amide bonds. The lowest BCUT2D eigenvalue weighted by molar-refractivity contribution is -0.117. The van der Waals surface area contributed by atoms with Crippen LogP contribution in [-0.4, -0.2) is 19.5 Å². The number of aromatic nitrogens is 1. The Hall–Kier alpha value is -2.71. The topological polar surface area (TPSA) is 101 Å². The Labute approximate surface area is 163 Å². The number of hydrogen-bond donors (Lipinski definition) is 2. The molecule has 0 radical (unpaired) electrons. The number of hydrogen-bond acceptors (Lipinski definition) is 5. The molecule has 3 aromatic rings. The normalized spacial score (nSPS) is 15.5. The van der Waals surface area contributed by atoms with Gasteiger partial charge in [0.05, 0.1) is 0 Å². The van der Waals surface area contributed by atoms with Crippen molar-refractivity contribution < 1.29 is 17.7 Å². The summed E-state index contributed by atoms with van der Waals surface area (Å²) in [4.78, 5) is 11.8. The molecule has 1 saturated carbocycles. The van der Waals surface area contributed by atoms with Crippen LogP contribution < -0.4 is 10.0 Å². The van der Waals surface area contributed by atoms with Crippen LogP contribution in [0, 0.1) is 5.92 Å². The molecule has 4 rings (SSSR count). The summed E-state index contributed by atoms with van der Waals surface area (Å²) < 4.78 is 33.0. The molecule has 0 bridgehead atoms. The van der Waals surface area contributed by atoms with Crippen LogP contribution in [0.15, 0.2) is 53.1 Å². The molecule has 1 aliphatic rings. The number of amides is 1. The molecule has 8 heteroatoms. The number of nitrogens with zero attached hydrogens (tertiary/aromatic N) is 1. The van der Waals surface area contributed by atoms with Crippen LogP contribution in [-0.2, 0) is 20.6 Å². The molecule has 7 nitrogen and oxygen atoms in total. The third-order valence-corrected chi connectivity index (χ3v) is 6.13. The fourth-order valence-corrected chi connectivity index (χ4v) is 4.37. The highest BCUT2D eigenvalue weighted by molar-refractivity contribution is 7.88. The number of fused-ring (bicyclic) bond motifs is 1. The van der Waals surface area contributed by atoms with Gasteiger partial charge in [-0.1, -0.05) is 29.4 Å². The summed E-state index contributed by atoms with van der Waals surface area (Å²) in [5, 5.41) is 7.44. The Balaban J connectivity index is 1.41. The molecule has 2 aromatic carbocycles. The quantitative estimate of drug-likeness (QED) is 0.634. The van der Waals surface area contributed by atoms with Gasteiger partial charge in [0, 0.05) is 23.0 Å². The van der Waals surface area contributed by atoms with Crippen LogP contribution >= 0.6 is 0 Å². The summed E-state index contributed by atoms with van der Waals surface area (Å²) in [6.07, 6.45) is 1.90. The molecule has 1 atom stereocenters. The second-order valence-electron chi connectivity index (χ2n) is 7.11. The SMILES string of the molecule is C[C@@H](NS(=O)(=O)Cc1noc2ccccc12)c1ccc(NC(=O)C2CC2)cc1. The van der Waals surface area contributed by atoms with Gasteiger partial charge >= 0.3 is 0 Å². The molecule has 146 valence electrons. The predicted molar refractivity (Wildman–Crippen MR) is 106 cm³/mol. The minimum Gasteiger partial charge on any atom is -0.356 e. The third kappa shape index (κ3) is 4.23. The van der Waals surface area contributed by atoms with E-state index in [9.17, 15) is 13.2 Å². The fourth-order valence-electron chi connectivity index (χ4n) is 3.05. The van der Waals surface area contributed by atoms with Crippen LogP contribution in [0.5, 0.6) is 0 Å². The average molecular weight is 399 g/mol. The summed E-state index contributed by atoms with van der Waals surface area (Å²) in [5.74, 6) is -0.0801. The van der Waals surface area contributed by atoms with Gasteiger partial charge in [-0.05, 0) is 49.6 Å². The Morgan fingerprint density at radius 3 is 2.61 bits per heavy atom. The molecule has 0 aliphatic heterocycles. The van der Waals surface area contributed by atoms with Gasteiger partial charge in [-0.3, -0.25) is 4.79 Å². The number of nitrogens with one attached hydrogen (secondary N) is 2. The Morgan fingerprint density at radius 2 is 1.89 bits per heavy atom. The first-order chi connectivity index (χ1) is 13.4. The van der Waals surface area contributed by atoms with E-state index in [-0.39, 0.29) is 17.6 Å². The van der Waals surface area contributed by atoms with E-state index in [1.807, 2.05) is 12.1 Å². The smallest absolute Gasteiger partial charge is 0.227 e. The predicted octanol–water partition coefficient (Wildman–Crippen LogP) is 3.36. The van der Waals surface area contributed by atoms with E-state index in [4.69, 9.17) is 4.52 Å². The maximum absolute atomic E-state index is 12.6. The molecular weight excluding hydrogens is 378 g/mol. The van der Waals surface area contributed by atoms with Gasteiger partial charge in [-0.25, -0.2) is 13.1 Å². The van der Waals surface area contributed by atoms with Crippen molar-refractivity contribution in [3.63, 3.8) is 0 Å². The molecule has 1 fully saturated rings. The van der Waals surface area contributed by atoms with Crippen LogP contribution in [0.3, 0.4) is 0 Å². The second kappa shape index (κ2) is 7.37. The molecule has 2 N–H and O–H groups in total. The Kier molecular flexibility index (Phi) is 4.91. The fraction of sp³-hybridized carbons (Fsp3) is 0.300. The molecule has 1 heterocycles. The van der Waals surface area contributed by atoms with Gasteiger partial charge in [0.25, 0.3) is 0 Å². The average Bonchev–Trinajstić information content (AvgIpc) is 3.45. The van der Waals surface area contributed by atoms with E-state index in [1.54, 1.807) is 43.3 Å². The summed E-state index contributed by atoms with van der Waals surface area (Å²) in [7, 11) is -3.62. The van der Waals surface area contributed by atoms with Gasteiger partial charge in [0.2, 0.25) is 15.9 Å². The van der Waals surface area contributed by atoms with Crippen LogP contribution in [0.25, 0.3) is 11.0 Å². The molecule has 0 spiro atoms. The number of carbonyl (C=O) groups excluding carboxylic acids is 1. The van der Waals surface area contributed by atoms with Crippen LogP contribution in [0.1, 0.15) is 37.1 Å². The molecule has 1 aromatic heterocycles. The Bertz CT molecular complexity index is 1100. The zero-order valence-electron chi connectivity index (χ0n) is 15.4. The van der Waals surface area contributed by atoms with Crippen molar-refractivity contribution in [2.45, 2.75) is 31.6 Å². The molecular formula is C20H21N3O4S. The van der Waals surface area contributed by atoms with Crippen molar-refractivity contribution in [3.8, 4) is 0 Å². The van der Waals surface area contributed by atoms with E-state index in [0.717, 1.165) is 18.4 Å². The second-order valence-corrected chi connectivity index (χ2v) is 8.86. The van der Waals surface area contributed by atoms with E-state index in [2.05, 4.69) is 15.2 Å². The third-order valence-electron chi connectivity index (χ3n) is 4.76. The molecule has 1 aliphatic carbocycles. The Morgan fingerprint density at radius 1 is 1.18 bits per heavy atom. The molecule has 28 heavy (non-hydrogen) atoms. The van der Waals surface area contributed by atoms with Gasteiger partial charge in [-0.2, -0.15) is 0 Å². The zero-order chi connectivity index (χ0) is 19.7. The minimum atomic E-state index is -3.62. The van der Waals surface area contributed by atoms with Gasteiger partial charge in [-0.15, -0.1) is 0 Å². The largest absolute Gasteiger partial charge is 0.356 e. The summed E-state index contributed by atoms with van der Waals surface area (Å²) in [6, 6.07) is 13.9. The first-order valence-electron chi connectivity index (χ1n) is 9.15. The van der Waals surface area contributed by atoms with E-state index in [0.29, 0.717) is 22.4 Å². The highest BCUT2D eigenvalue weighted by atomic mass is 32.2. The number of carbonyl (C=O) groups is 1. The van der Waals surface area contributed by atoms with Crippen molar-refractivity contribution >= 4 is 32.6 Å². The van der Waals surface area contributed by atoms with Crippen LogP contribution in [0.2, 0.25) is 0 Å². The van der Waals surface area contributed by atoms with Crippen molar-refractivity contribution in [2.75, 3.05) is 5.32 Å². The first kappa shape index (κ1) is 18.6. The van der Waals surface area contributed by atoms with E-state index in [1.165, 1.54) is 0 Å². The van der Waals surface area contributed by atoms with Gasteiger partial charge in [0.1, 0.15) is 11.4 Å². The maximum Gasteiger partial charge on any atom is 0.227 e. The summed E-state index contributed by atoms with van der Waals surface area (Å²) in [6.45, 7) is 1.77. The van der Waals surface area contributed by atoms with Crippen molar-refractivity contribution in [1.82, 2.24) is 9.88 Å². The lowest BCUT2D eigenvalue weighted by atomic mass is 10.1. The summed E-state index contributed by atoms with van der Waals surface area (Å²) in [5.41, 5.74) is 2.46. The monoisotopic (exact) mass is 399 g/mol. The molecule has 0 unspecified atom stereocenters.